The fourth-order valence-electron chi connectivity index (χ4n) is 3.19. The second-order valence-electron chi connectivity index (χ2n) is 6.16. The molecule has 0 saturated carbocycles. The predicted octanol–water partition coefficient (Wildman–Crippen LogP) is 1.40. The van der Waals surface area contributed by atoms with Gasteiger partial charge in [0.25, 0.3) is 5.91 Å². The summed E-state index contributed by atoms with van der Waals surface area (Å²) >= 11 is 0. The normalized spacial score (nSPS) is 17.8. The molecule has 2 heterocycles. The van der Waals surface area contributed by atoms with Crippen LogP contribution < -0.4 is 0 Å². The van der Waals surface area contributed by atoms with E-state index in [0.29, 0.717) is 31.7 Å². The van der Waals surface area contributed by atoms with E-state index < -0.39 is 10.0 Å². The molecule has 0 spiro atoms. The van der Waals surface area contributed by atoms with E-state index in [-0.39, 0.29) is 16.8 Å². The molecule has 1 unspecified atom stereocenters. The fourth-order valence-corrected chi connectivity index (χ4v) is 4.65. The topological polar surface area (TPSA) is 88.4 Å². The van der Waals surface area contributed by atoms with E-state index in [9.17, 15) is 13.2 Å². The molecule has 0 N–H and O–H groups in total. The minimum Gasteiger partial charge on any atom is -0.336 e. The van der Waals surface area contributed by atoms with Crippen LogP contribution in [-0.4, -0.2) is 64.7 Å². The van der Waals surface area contributed by atoms with Crippen molar-refractivity contribution in [2.45, 2.75) is 31.2 Å². The van der Waals surface area contributed by atoms with Crippen molar-refractivity contribution in [2.24, 2.45) is 0 Å². The first-order valence-electron chi connectivity index (χ1n) is 8.72. The predicted molar refractivity (Wildman–Crippen MR) is 96.1 cm³/mol. The van der Waals surface area contributed by atoms with Crippen molar-refractivity contribution in [2.75, 3.05) is 26.2 Å². The molecule has 0 radical (unpaired) electrons. The summed E-state index contributed by atoms with van der Waals surface area (Å²) in [4.78, 5) is 16.3. The average molecular weight is 377 g/mol. The van der Waals surface area contributed by atoms with Gasteiger partial charge in [-0.2, -0.15) is 19.3 Å². The van der Waals surface area contributed by atoms with Crippen LogP contribution in [-0.2, 0) is 10.0 Å². The van der Waals surface area contributed by atoms with Gasteiger partial charge in [0.2, 0.25) is 10.0 Å². The lowest BCUT2D eigenvalue weighted by molar-refractivity contribution is 0.0786. The van der Waals surface area contributed by atoms with Crippen LogP contribution in [0.4, 0.5) is 0 Å². The van der Waals surface area contributed by atoms with Gasteiger partial charge in [-0.1, -0.05) is 13.8 Å². The summed E-state index contributed by atoms with van der Waals surface area (Å²) < 4.78 is 26.4. The molecule has 1 fully saturated rings. The minimum atomic E-state index is -3.51. The number of carbonyl (C=O) groups is 1. The number of benzene rings is 1. The summed E-state index contributed by atoms with van der Waals surface area (Å²) in [5, 5.41) is 8.26. The number of nitrogens with zero attached hydrogens (tertiary/aromatic N) is 5. The van der Waals surface area contributed by atoms with Gasteiger partial charge in [-0.25, -0.2) is 8.42 Å². The summed E-state index contributed by atoms with van der Waals surface area (Å²) in [6.45, 7) is 5.61. The molecule has 3 rings (SSSR count). The van der Waals surface area contributed by atoms with Crippen molar-refractivity contribution in [3.63, 3.8) is 0 Å². The summed E-state index contributed by atoms with van der Waals surface area (Å²) in [7, 11) is -3.51. The molecule has 1 aliphatic heterocycles. The Labute approximate surface area is 153 Å². The number of amides is 1. The van der Waals surface area contributed by atoms with Gasteiger partial charge >= 0.3 is 0 Å². The maximum absolute atomic E-state index is 12.7. The largest absolute Gasteiger partial charge is 0.336 e. The Morgan fingerprint density at radius 3 is 2.35 bits per heavy atom. The molecule has 0 bridgehead atoms. The molecule has 8 nitrogen and oxygen atoms in total. The summed E-state index contributed by atoms with van der Waals surface area (Å²) in [5.74, 6) is -0.105. The molecule has 1 saturated heterocycles. The van der Waals surface area contributed by atoms with Crippen LogP contribution in [0.3, 0.4) is 0 Å². The average Bonchev–Trinajstić information content (AvgIpc) is 3.33. The van der Waals surface area contributed by atoms with Crippen molar-refractivity contribution in [1.82, 2.24) is 24.2 Å². The Bertz CT molecular complexity index is 845. The highest BCUT2D eigenvalue weighted by atomic mass is 32.2. The molecule has 0 aliphatic carbocycles. The highest BCUT2D eigenvalue weighted by Crippen LogP contribution is 2.23. The maximum Gasteiger partial charge on any atom is 0.253 e. The molecule has 1 aromatic heterocycles. The summed E-state index contributed by atoms with van der Waals surface area (Å²) in [6.07, 6.45) is 4.05. The lowest BCUT2D eigenvalue weighted by Crippen LogP contribution is -2.31. The van der Waals surface area contributed by atoms with Gasteiger partial charge in [-0.3, -0.25) is 4.79 Å². The molecule has 140 valence electrons. The Kier molecular flexibility index (Phi) is 5.38. The number of rotatable bonds is 6. The molecular formula is C17H23N5O3S. The molecule has 1 amide bonds. The van der Waals surface area contributed by atoms with Crippen LogP contribution in [0.2, 0.25) is 0 Å². The highest BCUT2D eigenvalue weighted by molar-refractivity contribution is 7.89. The van der Waals surface area contributed by atoms with Crippen molar-refractivity contribution in [1.29, 1.82) is 0 Å². The van der Waals surface area contributed by atoms with Crippen LogP contribution in [0.5, 0.6) is 0 Å². The van der Waals surface area contributed by atoms with E-state index in [1.54, 1.807) is 48.1 Å². The number of carbonyl (C=O) groups excluding carboxylic acids is 1. The SMILES string of the molecule is CCN(CC)S(=O)(=O)c1ccc(C(=O)N2CCC(n3nccn3)C2)cc1. The molecular weight excluding hydrogens is 354 g/mol. The van der Waals surface area contributed by atoms with Crippen molar-refractivity contribution < 1.29 is 13.2 Å². The number of likely N-dealkylation sites (tertiary alicyclic amines) is 1. The van der Waals surface area contributed by atoms with Gasteiger partial charge in [-0.05, 0) is 30.7 Å². The second kappa shape index (κ2) is 7.55. The number of hydrogen-bond acceptors (Lipinski definition) is 5. The Balaban J connectivity index is 1.72. The Hall–Kier alpha value is -2.26. The lowest BCUT2D eigenvalue weighted by atomic mass is 10.2. The number of hydrogen-bond donors (Lipinski definition) is 0. The van der Waals surface area contributed by atoms with Crippen LogP contribution in [0.15, 0.2) is 41.6 Å². The smallest absolute Gasteiger partial charge is 0.253 e. The second-order valence-corrected chi connectivity index (χ2v) is 8.09. The van der Waals surface area contributed by atoms with Crippen molar-refractivity contribution >= 4 is 15.9 Å². The van der Waals surface area contributed by atoms with Gasteiger partial charge in [0.15, 0.2) is 0 Å². The van der Waals surface area contributed by atoms with Crippen LogP contribution in [0.25, 0.3) is 0 Å². The van der Waals surface area contributed by atoms with Crippen LogP contribution >= 0.6 is 0 Å². The third-order valence-corrected chi connectivity index (χ3v) is 6.72. The monoisotopic (exact) mass is 377 g/mol. The highest BCUT2D eigenvalue weighted by Gasteiger charge is 2.29. The van der Waals surface area contributed by atoms with E-state index in [1.165, 1.54) is 16.4 Å². The molecule has 2 aromatic rings. The van der Waals surface area contributed by atoms with Gasteiger partial charge in [0.1, 0.15) is 0 Å². The minimum absolute atomic E-state index is 0.0799. The van der Waals surface area contributed by atoms with Gasteiger partial charge in [-0.15, -0.1) is 0 Å². The van der Waals surface area contributed by atoms with Crippen LogP contribution in [0, 0.1) is 0 Å². The van der Waals surface area contributed by atoms with Crippen LogP contribution in [0.1, 0.15) is 36.7 Å². The first-order chi connectivity index (χ1) is 12.5. The Morgan fingerprint density at radius 1 is 1.15 bits per heavy atom. The molecule has 9 heteroatoms. The zero-order valence-electron chi connectivity index (χ0n) is 14.9. The van der Waals surface area contributed by atoms with E-state index in [1.807, 2.05) is 0 Å². The van der Waals surface area contributed by atoms with Crippen molar-refractivity contribution in [3.8, 4) is 0 Å². The molecule has 1 aliphatic rings. The van der Waals surface area contributed by atoms with Crippen molar-refractivity contribution in [3.05, 3.63) is 42.2 Å². The van der Waals surface area contributed by atoms with E-state index >= 15 is 0 Å². The summed E-state index contributed by atoms with van der Waals surface area (Å²) in [6, 6.07) is 6.25. The van der Waals surface area contributed by atoms with E-state index in [4.69, 9.17) is 0 Å². The Morgan fingerprint density at radius 2 is 1.77 bits per heavy atom. The molecule has 1 atom stereocenters. The number of aromatic nitrogens is 3. The third-order valence-electron chi connectivity index (χ3n) is 4.66. The lowest BCUT2D eigenvalue weighted by Gasteiger charge is -2.19. The summed E-state index contributed by atoms with van der Waals surface area (Å²) in [5.41, 5.74) is 0.484. The molecule has 26 heavy (non-hydrogen) atoms. The molecule has 1 aromatic carbocycles. The fraction of sp³-hybridized carbons (Fsp3) is 0.471. The zero-order chi connectivity index (χ0) is 18.7. The standard InChI is InChI=1S/C17H23N5O3S/c1-3-21(4-2)26(24,25)16-7-5-14(6-8-16)17(23)20-12-9-15(13-20)22-18-10-11-19-22/h5-8,10-11,15H,3-4,9,12-13H2,1-2H3. The van der Waals surface area contributed by atoms with E-state index in [2.05, 4.69) is 10.2 Å². The van der Waals surface area contributed by atoms with E-state index in [0.717, 1.165) is 6.42 Å². The van der Waals surface area contributed by atoms with Gasteiger partial charge in [0.05, 0.1) is 23.3 Å². The zero-order valence-corrected chi connectivity index (χ0v) is 15.8. The number of sulfonamides is 1. The third kappa shape index (κ3) is 3.49. The first kappa shape index (κ1) is 18.5. The quantitative estimate of drug-likeness (QED) is 0.759. The van der Waals surface area contributed by atoms with Gasteiger partial charge < -0.3 is 4.90 Å². The maximum atomic E-state index is 12.7. The first-order valence-corrected chi connectivity index (χ1v) is 10.2. The van der Waals surface area contributed by atoms with Gasteiger partial charge in [0, 0.05) is 31.7 Å².